The molecule has 1 aromatic carbocycles. The summed E-state index contributed by atoms with van der Waals surface area (Å²) >= 11 is 0. The maximum absolute atomic E-state index is 13.9. The standard InChI is InChI=1S/C14H18F2O/c1-8(2)10-7-9-5-6-14(3,4)17-13(9)12(16)11(10)15/h7-8H,5-6H2,1-4H3. The van der Waals surface area contributed by atoms with Crippen LogP contribution in [-0.2, 0) is 6.42 Å². The minimum absolute atomic E-state index is 0.0234. The van der Waals surface area contributed by atoms with Crippen molar-refractivity contribution in [2.24, 2.45) is 0 Å². The quantitative estimate of drug-likeness (QED) is 0.715. The Morgan fingerprint density at radius 2 is 1.88 bits per heavy atom. The summed E-state index contributed by atoms with van der Waals surface area (Å²) in [6.45, 7) is 7.50. The molecule has 0 unspecified atom stereocenters. The fraction of sp³-hybridized carbons (Fsp3) is 0.571. The summed E-state index contributed by atoms with van der Waals surface area (Å²) in [7, 11) is 0. The van der Waals surface area contributed by atoms with Crippen molar-refractivity contribution in [3.63, 3.8) is 0 Å². The van der Waals surface area contributed by atoms with Crippen LogP contribution < -0.4 is 4.74 Å². The van der Waals surface area contributed by atoms with Gasteiger partial charge in [-0.05, 0) is 49.8 Å². The molecule has 1 heterocycles. The Hall–Kier alpha value is -1.12. The zero-order valence-corrected chi connectivity index (χ0v) is 10.7. The van der Waals surface area contributed by atoms with E-state index in [2.05, 4.69) is 0 Å². The Labute approximate surface area is 101 Å². The van der Waals surface area contributed by atoms with Crippen LogP contribution in [-0.4, -0.2) is 5.60 Å². The minimum Gasteiger partial charge on any atom is -0.484 e. The van der Waals surface area contributed by atoms with E-state index in [1.165, 1.54) is 0 Å². The number of fused-ring (bicyclic) bond motifs is 1. The summed E-state index contributed by atoms with van der Waals surface area (Å²) in [5.41, 5.74) is 0.802. The maximum Gasteiger partial charge on any atom is 0.201 e. The Kier molecular flexibility index (Phi) is 2.88. The van der Waals surface area contributed by atoms with Crippen LogP contribution in [0.15, 0.2) is 6.07 Å². The van der Waals surface area contributed by atoms with E-state index in [0.29, 0.717) is 5.56 Å². The number of benzene rings is 1. The first-order chi connectivity index (χ1) is 7.82. The minimum atomic E-state index is -0.834. The van der Waals surface area contributed by atoms with Crippen molar-refractivity contribution >= 4 is 0 Å². The van der Waals surface area contributed by atoms with Gasteiger partial charge in [0.25, 0.3) is 0 Å². The molecule has 0 aliphatic carbocycles. The highest BCUT2D eigenvalue weighted by Gasteiger charge is 2.31. The summed E-state index contributed by atoms with van der Waals surface area (Å²) in [6, 6.07) is 1.74. The van der Waals surface area contributed by atoms with Gasteiger partial charge in [-0.25, -0.2) is 4.39 Å². The lowest BCUT2D eigenvalue weighted by Gasteiger charge is -2.33. The molecule has 0 amide bonds. The Morgan fingerprint density at radius 3 is 2.47 bits per heavy atom. The second-order valence-electron chi connectivity index (χ2n) is 5.60. The van der Waals surface area contributed by atoms with Gasteiger partial charge < -0.3 is 4.74 Å². The number of aryl methyl sites for hydroxylation is 1. The van der Waals surface area contributed by atoms with Crippen molar-refractivity contribution in [2.45, 2.75) is 52.1 Å². The van der Waals surface area contributed by atoms with Gasteiger partial charge in [-0.1, -0.05) is 13.8 Å². The van der Waals surface area contributed by atoms with Gasteiger partial charge in [0.15, 0.2) is 11.6 Å². The second-order valence-corrected chi connectivity index (χ2v) is 5.60. The molecule has 1 aliphatic heterocycles. The van der Waals surface area contributed by atoms with Crippen molar-refractivity contribution in [3.05, 3.63) is 28.8 Å². The normalized spacial score (nSPS) is 17.8. The predicted molar refractivity (Wildman–Crippen MR) is 63.5 cm³/mol. The van der Waals surface area contributed by atoms with Crippen LogP contribution in [0.1, 0.15) is 51.2 Å². The highest BCUT2D eigenvalue weighted by Crippen LogP contribution is 2.38. The molecule has 0 saturated carbocycles. The number of hydrogen-bond acceptors (Lipinski definition) is 1. The Balaban J connectivity index is 2.55. The molecule has 3 heteroatoms. The van der Waals surface area contributed by atoms with Crippen LogP contribution in [0.2, 0.25) is 0 Å². The molecule has 2 rings (SSSR count). The third-order valence-electron chi connectivity index (χ3n) is 3.26. The molecule has 0 bridgehead atoms. The van der Waals surface area contributed by atoms with E-state index in [-0.39, 0.29) is 11.7 Å². The van der Waals surface area contributed by atoms with E-state index >= 15 is 0 Å². The lowest BCUT2D eigenvalue weighted by Crippen LogP contribution is -2.33. The molecule has 17 heavy (non-hydrogen) atoms. The molecule has 0 spiro atoms. The average Bonchev–Trinajstić information content (AvgIpc) is 2.23. The van der Waals surface area contributed by atoms with Crippen LogP contribution in [0.4, 0.5) is 8.78 Å². The lowest BCUT2D eigenvalue weighted by molar-refractivity contribution is 0.0776. The molecule has 0 fully saturated rings. The first-order valence-electron chi connectivity index (χ1n) is 6.01. The summed E-state index contributed by atoms with van der Waals surface area (Å²) in [5.74, 6) is -1.52. The molecule has 0 radical (unpaired) electrons. The highest BCUT2D eigenvalue weighted by atomic mass is 19.2. The molecule has 0 atom stereocenters. The zero-order valence-electron chi connectivity index (χ0n) is 10.7. The van der Waals surface area contributed by atoms with E-state index in [9.17, 15) is 8.78 Å². The molecule has 0 aromatic heterocycles. The van der Waals surface area contributed by atoms with E-state index in [4.69, 9.17) is 4.74 Å². The first kappa shape index (κ1) is 12.3. The summed E-state index contributed by atoms with van der Waals surface area (Å²) in [5, 5.41) is 0. The molecule has 1 nitrogen and oxygen atoms in total. The van der Waals surface area contributed by atoms with Crippen LogP contribution >= 0.6 is 0 Å². The Bertz CT molecular complexity index is 450. The first-order valence-corrected chi connectivity index (χ1v) is 6.01. The Morgan fingerprint density at radius 1 is 1.24 bits per heavy atom. The fourth-order valence-corrected chi connectivity index (χ4v) is 2.16. The molecule has 1 aromatic rings. The SMILES string of the molecule is CC(C)c1cc2c(c(F)c1F)OC(C)(C)CC2. The molecule has 0 saturated heterocycles. The van der Waals surface area contributed by atoms with Crippen LogP contribution in [0.3, 0.4) is 0 Å². The monoisotopic (exact) mass is 240 g/mol. The lowest BCUT2D eigenvalue weighted by atomic mass is 9.91. The van der Waals surface area contributed by atoms with Crippen LogP contribution in [0.5, 0.6) is 5.75 Å². The predicted octanol–water partition coefficient (Wildman–Crippen LogP) is 4.19. The number of hydrogen-bond donors (Lipinski definition) is 0. The summed E-state index contributed by atoms with van der Waals surface area (Å²) < 4.78 is 33.3. The van der Waals surface area contributed by atoms with E-state index in [0.717, 1.165) is 18.4 Å². The van der Waals surface area contributed by atoms with Gasteiger partial charge in [-0.2, -0.15) is 4.39 Å². The smallest absolute Gasteiger partial charge is 0.201 e. The molecule has 0 N–H and O–H groups in total. The number of rotatable bonds is 1. The summed E-state index contributed by atoms with van der Waals surface area (Å²) in [6.07, 6.45) is 1.56. The van der Waals surface area contributed by atoms with Crippen molar-refractivity contribution in [3.8, 4) is 5.75 Å². The molecule has 94 valence electrons. The second kappa shape index (κ2) is 3.97. The zero-order chi connectivity index (χ0) is 12.8. The van der Waals surface area contributed by atoms with Crippen molar-refractivity contribution < 1.29 is 13.5 Å². The van der Waals surface area contributed by atoms with E-state index in [1.807, 2.05) is 27.7 Å². The van der Waals surface area contributed by atoms with E-state index < -0.39 is 17.2 Å². The van der Waals surface area contributed by atoms with Crippen LogP contribution in [0.25, 0.3) is 0 Å². The van der Waals surface area contributed by atoms with Crippen molar-refractivity contribution in [1.82, 2.24) is 0 Å². The van der Waals surface area contributed by atoms with Gasteiger partial charge in [-0.3, -0.25) is 0 Å². The van der Waals surface area contributed by atoms with Gasteiger partial charge in [0.1, 0.15) is 5.60 Å². The average molecular weight is 240 g/mol. The summed E-state index contributed by atoms with van der Waals surface area (Å²) in [4.78, 5) is 0. The highest BCUT2D eigenvalue weighted by molar-refractivity contribution is 5.42. The van der Waals surface area contributed by atoms with Gasteiger partial charge in [0.05, 0.1) is 0 Å². The van der Waals surface area contributed by atoms with Gasteiger partial charge in [0.2, 0.25) is 5.82 Å². The van der Waals surface area contributed by atoms with Crippen molar-refractivity contribution in [2.75, 3.05) is 0 Å². The van der Waals surface area contributed by atoms with E-state index in [1.54, 1.807) is 6.07 Å². The van der Waals surface area contributed by atoms with Crippen molar-refractivity contribution in [1.29, 1.82) is 0 Å². The number of halogens is 2. The van der Waals surface area contributed by atoms with Gasteiger partial charge in [0, 0.05) is 0 Å². The number of ether oxygens (including phenoxy) is 1. The molecular weight excluding hydrogens is 222 g/mol. The third-order valence-corrected chi connectivity index (χ3v) is 3.26. The third kappa shape index (κ3) is 2.15. The van der Waals surface area contributed by atoms with Gasteiger partial charge in [-0.15, -0.1) is 0 Å². The van der Waals surface area contributed by atoms with Gasteiger partial charge >= 0.3 is 0 Å². The maximum atomic E-state index is 13.9. The molecular formula is C14H18F2O. The fourth-order valence-electron chi connectivity index (χ4n) is 2.16. The largest absolute Gasteiger partial charge is 0.484 e. The van der Waals surface area contributed by atoms with Crippen LogP contribution in [0, 0.1) is 11.6 Å². The topological polar surface area (TPSA) is 9.23 Å². The molecule has 1 aliphatic rings.